The van der Waals surface area contributed by atoms with E-state index in [2.05, 4.69) is 0 Å². The summed E-state index contributed by atoms with van der Waals surface area (Å²) in [5.74, 6) is 1.62. The highest BCUT2D eigenvalue weighted by molar-refractivity contribution is 5.82. The van der Waals surface area contributed by atoms with Gasteiger partial charge in [0.15, 0.2) is 0 Å². The van der Waals surface area contributed by atoms with Crippen LogP contribution >= 0.6 is 0 Å². The van der Waals surface area contributed by atoms with Gasteiger partial charge in [0.2, 0.25) is 0 Å². The normalized spacial score (nSPS) is 17.0. The molecule has 0 saturated carbocycles. The van der Waals surface area contributed by atoms with E-state index in [1.807, 2.05) is 72.8 Å². The van der Waals surface area contributed by atoms with E-state index in [1.165, 1.54) is 0 Å². The van der Waals surface area contributed by atoms with Crippen LogP contribution in [0.2, 0.25) is 0 Å². The number of hydrogen-bond donors (Lipinski definition) is 0. The van der Waals surface area contributed by atoms with Crippen molar-refractivity contribution in [2.45, 2.75) is 46.3 Å². The maximum absolute atomic E-state index is 13.3. The Balaban J connectivity index is 0.996. The first-order chi connectivity index (χ1) is 22.5. The fourth-order valence-electron chi connectivity index (χ4n) is 5.36. The number of ether oxygens (including phenoxy) is 6. The standard InChI is InChI=1S/C39H40O8/c1-38(2,36(40)46-32-17-9-28(10-18-32)26-5-13-30(14-6-26)42-21-34-23-44-34)25-39(3,4)37(41)47-33-19-11-29(12-20-33)27-7-15-31(16-8-27)43-22-35-24-45-35/h5-20,34-35H,21-25H2,1-4H3. The summed E-state index contributed by atoms with van der Waals surface area (Å²) in [7, 11) is 0. The largest absolute Gasteiger partial charge is 0.491 e. The lowest BCUT2D eigenvalue weighted by atomic mass is 9.75. The van der Waals surface area contributed by atoms with Crippen LogP contribution in [0.25, 0.3) is 22.3 Å². The van der Waals surface area contributed by atoms with Gasteiger partial charge in [-0.05, 0) is 105 Å². The van der Waals surface area contributed by atoms with Crippen LogP contribution in [0.4, 0.5) is 0 Å². The first-order valence-corrected chi connectivity index (χ1v) is 15.9. The summed E-state index contributed by atoms with van der Waals surface area (Å²) in [6.45, 7) is 9.77. The minimum atomic E-state index is -0.950. The minimum absolute atomic E-state index is 0.211. The van der Waals surface area contributed by atoms with Gasteiger partial charge < -0.3 is 28.4 Å². The van der Waals surface area contributed by atoms with Gasteiger partial charge in [0, 0.05) is 0 Å². The zero-order valence-electron chi connectivity index (χ0n) is 27.2. The molecule has 0 amide bonds. The number of epoxide rings is 2. The van der Waals surface area contributed by atoms with E-state index in [4.69, 9.17) is 28.4 Å². The second-order valence-corrected chi connectivity index (χ2v) is 13.4. The van der Waals surface area contributed by atoms with Gasteiger partial charge in [0.25, 0.3) is 0 Å². The minimum Gasteiger partial charge on any atom is -0.491 e. The average molecular weight is 637 g/mol. The fraction of sp³-hybridized carbons (Fsp3) is 0.333. The molecule has 2 fully saturated rings. The monoisotopic (exact) mass is 636 g/mol. The van der Waals surface area contributed by atoms with Crippen LogP contribution in [0.5, 0.6) is 23.0 Å². The average Bonchev–Trinajstić information content (AvgIpc) is 4.00. The molecule has 0 aromatic heterocycles. The van der Waals surface area contributed by atoms with Crippen molar-refractivity contribution in [2.24, 2.45) is 10.8 Å². The predicted octanol–water partition coefficient (Wildman–Crippen LogP) is 7.53. The number of carbonyl (C=O) groups excluding carboxylic acids is 2. The highest BCUT2D eigenvalue weighted by Crippen LogP contribution is 2.37. The van der Waals surface area contributed by atoms with Gasteiger partial charge in [0.05, 0.1) is 24.0 Å². The Morgan fingerprint density at radius 2 is 0.809 bits per heavy atom. The van der Waals surface area contributed by atoms with Crippen molar-refractivity contribution in [3.8, 4) is 45.3 Å². The van der Waals surface area contributed by atoms with Gasteiger partial charge in [-0.3, -0.25) is 9.59 Å². The number of esters is 2. The molecule has 0 spiro atoms. The summed E-state index contributed by atoms with van der Waals surface area (Å²) >= 11 is 0. The lowest BCUT2D eigenvalue weighted by Gasteiger charge is -2.31. The molecule has 0 bridgehead atoms. The third kappa shape index (κ3) is 8.78. The quantitative estimate of drug-likeness (QED) is 0.0797. The highest BCUT2D eigenvalue weighted by Gasteiger charge is 2.41. The molecule has 0 N–H and O–H groups in total. The molecule has 8 heteroatoms. The van der Waals surface area contributed by atoms with Crippen LogP contribution in [-0.2, 0) is 19.1 Å². The Morgan fingerprint density at radius 1 is 0.532 bits per heavy atom. The van der Waals surface area contributed by atoms with Crippen LogP contribution < -0.4 is 18.9 Å². The lowest BCUT2D eigenvalue weighted by molar-refractivity contribution is -0.151. The van der Waals surface area contributed by atoms with Crippen LogP contribution in [0.15, 0.2) is 97.1 Å². The highest BCUT2D eigenvalue weighted by atomic mass is 16.6. The predicted molar refractivity (Wildman–Crippen MR) is 178 cm³/mol. The third-order valence-corrected chi connectivity index (χ3v) is 8.17. The number of hydrogen-bond acceptors (Lipinski definition) is 8. The Hall–Kier alpha value is -4.66. The summed E-state index contributed by atoms with van der Waals surface area (Å²) in [6, 6.07) is 30.4. The van der Waals surface area contributed by atoms with Crippen molar-refractivity contribution in [3.63, 3.8) is 0 Å². The van der Waals surface area contributed by atoms with Crippen LogP contribution in [0, 0.1) is 10.8 Å². The zero-order chi connectivity index (χ0) is 33.0. The van der Waals surface area contributed by atoms with E-state index in [-0.39, 0.29) is 18.6 Å². The molecular weight excluding hydrogens is 596 g/mol. The van der Waals surface area contributed by atoms with Crippen molar-refractivity contribution in [1.29, 1.82) is 0 Å². The topological polar surface area (TPSA) is 96.1 Å². The number of carbonyl (C=O) groups is 2. The van der Waals surface area contributed by atoms with E-state index in [0.29, 0.717) is 24.7 Å². The number of rotatable bonds is 14. The second kappa shape index (κ2) is 13.6. The van der Waals surface area contributed by atoms with Crippen molar-refractivity contribution in [2.75, 3.05) is 26.4 Å². The maximum Gasteiger partial charge on any atom is 0.316 e. The molecule has 2 heterocycles. The summed E-state index contributed by atoms with van der Waals surface area (Å²) < 4.78 is 33.3. The first kappa shape index (κ1) is 32.3. The molecule has 0 radical (unpaired) electrons. The molecule has 47 heavy (non-hydrogen) atoms. The van der Waals surface area contributed by atoms with Crippen molar-refractivity contribution >= 4 is 11.9 Å². The third-order valence-electron chi connectivity index (χ3n) is 8.17. The van der Waals surface area contributed by atoms with E-state index in [1.54, 1.807) is 52.0 Å². The summed E-state index contributed by atoms with van der Waals surface area (Å²) in [5.41, 5.74) is 2.11. The van der Waals surface area contributed by atoms with Gasteiger partial charge in [-0.2, -0.15) is 0 Å². The lowest BCUT2D eigenvalue weighted by Crippen LogP contribution is -2.39. The molecule has 2 unspecified atom stereocenters. The number of benzene rings is 4. The summed E-state index contributed by atoms with van der Waals surface area (Å²) in [6.07, 6.45) is 0.654. The molecule has 0 aliphatic carbocycles. The summed E-state index contributed by atoms with van der Waals surface area (Å²) in [4.78, 5) is 26.5. The second-order valence-electron chi connectivity index (χ2n) is 13.4. The van der Waals surface area contributed by atoms with Crippen molar-refractivity contribution < 1.29 is 38.0 Å². The van der Waals surface area contributed by atoms with E-state index in [9.17, 15) is 9.59 Å². The molecule has 244 valence electrons. The Kier molecular flexibility index (Phi) is 9.34. The summed E-state index contributed by atoms with van der Waals surface area (Å²) in [5, 5.41) is 0. The fourth-order valence-corrected chi connectivity index (χ4v) is 5.36. The Morgan fingerprint density at radius 3 is 1.09 bits per heavy atom. The smallest absolute Gasteiger partial charge is 0.316 e. The van der Waals surface area contributed by atoms with E-state index < -0.39 is 22.8 Å². The Bertz CT molecular complexity index is 1540. The first-order valence-electron chi connectivity index (χ1n) is 15.9. The Labute approximate surface area is 275 Å². The van der Waals surface area contributed by atoms with Gasteiger partial charge in [-0.25, -0.2) is 0 Å². The molecule has 6 rings (SSSR count). The van der Waals surface area contributed by atoms with E-state index >= 15 is 0 Å². The van der Waals surface area contributed by atoms with Crippen molar-refractivity contribution in [1.82, 2.24) is 0 Å². The maximum atomic E-state index is 13.3. The molecule has 2 aliphatic heterocycles. The molecule has 4 aromatic rings. The molecule has 2 saturated heterocycles. The van der Waals surface area contributed by atoms with Gasteiger partial charge in [-0.15, -0.1) is 0 Å². The SMILES string of the molecule is CC(C)(CC(C)(C)C(=O)Oc1ccc(-c2ccc(OCC3CO3)cc2)cc1)C(=O)Oc1ccc(-c2ccc(OCC3CO3)cc2)cc1. The van der Waals surface area contributed by atoms with Gasteiger partial charge >= 0.3 is 11.9 Å². The van der Waals surface area contributed by atoms with E-state index in [0.717, 1.165) is 47.0 Å². The van der Waals surface area contributed by atoms with Gasteiger partial charge in [0.1, 0.15) is 48.4 Å². The zero-order valence-corrected chi connectivity index (χ0v) is 27.2. The molecule has 2 aliphatic rings. The molecule has 8 nitrogen and oxygen atoms in total. The van der Waals surface area contributed by atoms with Crippen molar-refractivity contribution in [3.05, 3.63) is 97.1 Å². The molecule has 2 atom stereocenters. The van der Waals surface area contributed by atoms with Gasteiger partial charge in [-0.1, -0.05) is 48.5 Å². The molecule has 4 aromatic carbocycles. The van der Waals surface area contributed by atoms with Crippen LogP contribution in [-0.4, -0.2) is 50.6 Å². The van der Waals surface area contributed by atoms with Crippen LogP contribution in [0.3, 0.4) is 0 Å². The van der Waals surface area contributed by atoms with Crippen LogP contribution in [0.1, 0.15) is 34.1 Å². The molecular formula is C39H40O8.